The van der Waals surface area contributed by atoms with E-state index >= 15 is 0 Å². The van der Waals surface area contributed by atoms with Crippen molar-refractivity contribution in [1.82, 2.24) is 9.91 Å². The molecule has 0 radical (unpaired) electrons. The molecule has 0 fully saturated rings. The summed E-state index contributed by atoms with van der Waals surface area (Å²) in [6, 6.07) is 8.19. The van der Waals surface area contributed by atoms with E-state index in [1.165, 1.54) is 12.1 Å². The third-order valence-corrected chi connectivity index (χ3v) is 5.21. The van der Waals surface area contributed by atoms with E-state index in [-0.39, 0.29) is 17.8 Å². The van der Waals surface area contributed by atoms with Crippen molar-refractivity contribution < 1.29 is 9.18 Å². The molecule has 25 heavy (non-hydrogen) atoms. The number of rotatable bonds is 6. The van der Waals surface area contributed by atoms with Crippen LogP contribution in [0.4, 0.5) is 4.39 Å². The SMILES string of the molecule is CCN(CC)CC(=O)N1N=C(c2ccsc2)CC1c1ccc(F)cc1. The summed E-state index contributed by atoms with van der Waals surface area (Å²) in [6.45, 7) is 6.05. The van der Waals surface area contributed by atoms with Crippen molar-refractivity contribution in [1.29, 1.82) is 0 Å². The molecule has 0 spiro atoms. The molecule has 3 rings (SSSR count). The van der Waals surface area contributed by atoms with E-state index in [0.717, 1.165) is 29.9 Å². The number of benzene rings is 1. The van der Waals surface area contributed by atoms with E-state index in [2.05, 4.69) is 10.0 Å². The molecule has 1 aliphatic rings. The Labute approximate surface area is 151 Å². The van der Waals surface area contributed by atoms with Crippen LogP contribution in [0.15, 0.2) is 46.2 Å². The van der Waals surface area contributed by atoms with E-state index in [1.807, 2.05) is 30.7 Å². The van der Waals surface area contributed by atoms with Crippen LogP contribution in [0.25, 0.3) is 0 Å². The molecule has 132 valence electrons. The van der Waals surface area contributed by atoms with Gasteiger partial charge in [-0.25, -0.2) is 9.40 Å². The highest BCUT2D eigenvalue weighted by Crippen LogP contribution is 2.33. The van der Waals surface area contributed by atoms with Crippen LogP contribution < -0.4 is 0 Å². The topological polar surface area (TPSA) is 35.9 Å². The molecule has 4 nitrogen and oxygen atoms in total. The van der Waals surface area contributed by atoms with Gasteiger partial charge in [-0.15, -0.1) is 0 Å². The molecular weight excluding hydrogens is 337 g/mol. The monoisotopic (exact) mass is 359 g/mol. The van der Waals surface area contributed by atoms with Gasteiger partial charge in [-0.1, -0.05) is 26.0 Å². The fourth-order valence-corrected chi connectivity index (χ4v) is 3.66. The maximum absolute atomic E-state index is 13.3. The molecule has 0 bridgehead atoms. The normalized spacial score (nSPS) is 17.2. The van der Waals surface area contributed by atoms with Crippen LogP contribution in [0.1, 0.15) is 37.4 Å². The molecule has 0 saturated carbocycles. The molecule has 1 aromatic heterocycles. The second kappa shape index (κ2) is 7.89. The van der Waals surface area contributed by atoms with Crippen LogP contribution in [-0.4, -0.2) is 41.2 Å². The van der Waals surface area contributed by atoms with Gasteiger partial charge in [0.25, 0.3) is 5.91 Å². The third kappa shape index (κ3) is 3.96. The van der Waals surface area contributed by atoms with Gasteiger partial charge in [0.15, 0.2) is 0 Å². The van der Waals surface area contributed by atoms with E-state index in [9.17, 15) is 9.18 Å². The first-order valence-corrected chi connectivity index (χ1v) is 9.46. The predicted molar refractivity (Wildman–Crippen MR) is 99.2 cm³/mol. The summed E-state index contributed by atoms with van der Waals surface area (Å²) < 4.78 is 13.3. The molecule has 0 aliphatic carbocycles. The minimum absolute atomic E-state index is 0.0248. The van der Waals surface area contributed by atoms with Gasteiger partial charge in [-0.3, -0.25) is 9.69 Å². The van der Waals surface area contributed by atoms with Crippen LogP contribution in [0.3, 0.4) is 0 Å². The summed E-state index contributed by atoms with van der Waals surface area (Å²) in [5.41, 5.74) is 2.86. The Morgan fingerprint density at radius 1 is 1.28 bits per heavy atom. The first kappa shape index (κ1) is 17.8. The molecule has 1 atom stereocenters. The van der Waals surface area contributed by atoms with Crippen LogP contribution >= 0.6 is 11.3 Å². The van der Waals surface area contributed by atoms with Gasteiger partial charge in [0.2, 0.25) is 0 Å². The Morgan fingerprint density at radius 3 is 2.60 bits per heavy atom. The number of likely N-dealkylation sites (N-methyl/N-ethyl adjacent to an activating group) is 1. The highest BCUT2D eigenvalue weighted by atomic mass is 32.1. The predicted octanol–water partition coefficient (Wildman–Crippen LogP) is 3.91. The number of nitrogens with zero attached hydrogens (tertiary/aromatic N) is 3. The fraction of sp³-hybridized carbons (Fsp3) is 0.368. The number of carbonyl (C=O) groups is 1. The molecule has 0 N–H and O–H groups in total. The Balaban J connectivity index is 1.87. The Kier molecular flexibility index (Phi) is 5.60. The van der Waals surface area contributed by atoms with Gasteiger partial charge in [-0.2, -0.15) is 16.4 Å². The maximum atomic E-state index is 13.3. The van der Waals surface area contributed by atoms with Crippen molar-refractivity contribution in [3.05, 3.63) is 58.0 Å². The van der Waals surface area contributed by atoms with E-state index in [0.29, 0.717) is 13.0 Å². The van der Waals surface area contributed by atoms with E-state index in [1.54, 1.807) is 28.5 Å². The first-order valence-electron chi connectivity index (χ1n) is 8.52. The Morgan fingerprint density at radius 2 is 2.00 bits per heavy atom. The lowest BCUT2D eigenvalue weighted by atomic mass is 9.99. The lowest BCUT2D eigenvalue weighted by Crippen LogP contribution is -2.38. The first-order chi connectivity index (χ1) is 12.1. The van der Waals surface area contributed by atoms with E-state index < -0.39 is 0 Å². The van der Waals surface area contributed by atoms with Crippen molar-refractivity contribution in [2.24, 2.45) is 5.10 Å². The smallest absolute Gasteiger partial charge is 0.257 e. The van der Waals surface area contributed by atoms with Gasteiger partial charge in [0.05, 0.1) is 18.3 Å². The summed E-state index contributed by atoms with van der Waals surface area (Å²) in [6.07, 6.45) is 0.645. The largest absolute Gasteiger partial charge is 0.295 e. The number of hydrogen-bond acceptors (Lipinski definition) is 4. The molecule has 6 heteroatoms. The van der Waals surface area contributed by atoms with Crippen molar-refractivity contribution in [3.63, 3.8) is 0 Å². The van der Waals surface area contributed by atoms with Crippen molar-refractivity contribution in [3.8, 4) is 0 Å². The standard InChI is InChI=1S/C19H22FN3OS/c1-3-22(4-2)12-19(24)23-18(14-5-7-16(20)8-6-14)11-17(21-23)15-9-10-25-13-15/h5-10,13,18H,3-4,11-12H2,1-2H3. The summed E-state index contributed by atoms with van der Waals surface area (Å²) in [7, 11) is 0. The van der Waals surface area contributed by atoms with Gasteiger partial charge in [0.1, 0.15) is 5.82 Å². The zero-order chi connectivity index (χ0) is 17.8. The second-order valence-corrected chi connectivity index (χ2v) is 6.81. The molecule has 2 heterocycles. The highest BCUT2D eigenvalue weighted by Gasteiger charge is 2.33. The van der Waals surface area contributed by atoms with Crippen LogP contribution in [0, 0.1) is 5.82 Å². The van der Waals surface area contributed by atoms with Crippen LogP contribution in [0.5, 0.6) is 0 Å². The number of thiophene rings is 1. The Bertz CT molecular complexity index is 739. The highest BCUT2D eigenvalue weighted by molar-refractivity contribution is 7.08. The quantitative estimate of drug-likeness (QED) is 0.784. The summed E-state index contributed by atoms with van der Waals surface area (Å²) >= 11 is 1.61. The number of amides is 1. The molecule has 1 amide bonds. The van der Waals surface area contributed by atoms with Crippen molar-refractivity contribution in [2.75, 3.05) is 19.6 Å². The number of halogens is 1. The average molecular weight is 359 g/mol. The fourth-order valence-electron chi connectivity index (χ4n) is 3.00. The Hall–Kier alpha value is -2.05. The minimum atomic E-state index is -0.276. The van der Waals surface area contributed by atoms with Crippen LogP contribution in [0.2, 0.25) is 0 Å². The minimum Gasteiger partial charge on any atom is -0.295 e. The van der Waals surface area contributed by atoms with Crippen molar-refractivity contribution >= 4 is 23.0 Å². The summed E-state index contributed by atoms with van der Waals surface area (Å²) in [5, 5.41) is 10.2. The van der Waals surface area contributed by atoms with Crippen LogP contribution in [-0.2, 0) is 4.79 Å². The zero-order valence-electron chi connectivity index (χ0n) is 14.5. The molecule has 1 aliphatic heterocycles. The lowest BCUT2D eigenvalue weighted by Gasteiger charge is -2.25. The summed E-state index contributed by atoms with van der Waals surface area (Å²) in [4.78, 5) is 14.9. The number of carbonyl (C=O) groups excluding carboxylic acids is 1. The maximum Gasteiger partial charge on any atom is 0.257 e. The molecule has 2 aromatic rings. The summed E-state index contributed by atoms with van der Waals surface area (Å²) in [5.74, 6) is -0.301. The van der Waals surface area contributed by atoms with Gasteiger partial charge in [0, 0.05) is 12.0 Å². The van der Waals surface area contributed by atoms with Gasteiger partial charge >= 0.3 is 0 Å². The molecule has 1 aromatic carbocycles. The van der Waals surface area contributed by atoms with Gasteiger partial charge < -0.3 is 0 Å². The lowest BCUT2D eigenvalue weighted by molar-refractivity contribution is -0.134. The van der Waals surface area contributed by atoms with Crippen molar-refractivity contribution in [2.45, 2.75) is 26.3 Å². The van der Waals surface area contributed by atoms with Gasteiger partial charge in [-0.05, 0) is 47.6 Å². The average Bonchev–Trinajstić information content (AvgIpc) is 3.29. The second-order valence-electron chi connectivity index (χ2n) is 6.03. The number of hydrazone groups is 1. The zero-order valence-corrected chi connectivity index (χ0v) is 15.3. The molecule has 0 saturated heterocycles. The molecule has 1 unspecified atom stereocenters. The molecular formula is C19H22FN3OS. The van der Waals surface area contributed by atoms with E-state index in [4.69, 9.17) is 0 Å². The number of hydrogen-bond donors (Lipinski definition) is 0. The third-order valence-electron chi connectivity index (χ3n) is 4.53.